The molecule has 0 unspecified atom stereocenters. The summed E-state index contributed by atoms with van der Waals surface area (Å²) in [7, 11) is 4.14. The van der Waals surface area contributed by atoms with E-state index in [0.29, 0.717) is 55.0 Å². The van der Waals surface area contributed by atoms with Gasteiger partial charge >= 0.3 is 0 Å². The van der Waals surface area contributed by atoms with E-state index in [2.05, 4.69) is 48.7 Å². The summed E-state index contributed by atoms with van der Waals surface area (Å²) in [5.41, 5.74) is 6.01. The number of fused-ring (bicyclic) bond motifs is 2. The number of aliphatic imine (C=N–C) groups is 2. The number of aromatic hydroxyl groups is 1. The minimum Gasteiger partial charge on any atom is -0.505 e. The van der Waals surface area contributed by atoms with Crippen molar-refractivity contribution in [1.29, 1.82) is 0 Å². The van der Waals surface area contributed by atoms with Crippen molar-refractivity contribution in [2.24, 2.45) is 9.98 Å². The maximum atomic E-state index is 14.2. The molecule has 0 saturated carbocycles. The van der Waals surface area contributed by atoms with Gasteiger partial charge in [0.05, 0.1) is 24.0 Å². The Hall–Kier alpha value is -4.84. The second-order valence-corrected chi connectivity index (χ2v) is 12.1. The molecular weight excluding hydrogens is 585 g/mol. The van der Waals surface area contributed by atoms with Crippen LogP contribution in [0.1, 0.15) is 43.6 Å². The van der Waals surface area contributed by atoms with Crippen molar-refractivity contribution in [2.75, 3.05) is 33.7 Å². The third-order valence-electron chi connectivity index (χ3n) is 9.22. The normalized spacial score (nSPS) is 16.6. The van der Waals surface area contributed by atoms with Crippen molar-refractivity contribution in [3.05, 3.63) is 65.1 Å². The molecule has 4 aromatic rings. The summed E-state index contributed by atoms with van der Waals surface area (Å²) in [5.74, 6) is 0.122. The highest BCUT2D eigenvalue weighted by Crippen LogP contribution is 2.34. The summed E-state index contributed by atoms with van der Waals surface area (Å²) >= 11 is 0. The van der Waals surface area contributed by atoms with Crippen LogP contribution in [0.2, 0.25) is 0 Å². The number of nitrogens with zero attached hydrogens (tertiary/aromatic N) is 7. The van der Waals surface area contributed by atoms with Gasteiger partial charge in [-0.1, -0.05) is 13.0 Å². The standard InChI is InChI=1S/C34H40FN9O2/c1-6-21-16-30(45)26(35)17-25(21)22-7-8-24-28(15-22)40-41-32(24)33-38-27-11-14-44(19-29(27)39-33)34(46)20(2)37-18-31(36-3)43(5)23-9-12-42(4)13-10-23/h7-8,15-18,23,45H,3,6,9-14,19H2,1-2,4-5H3,(H,38,39)(H,40,41)/b31-18+,37-20+. The number of piperidine rings is 1. The number of imidazole rings is 1. The Kier molecular flexibility index (Phi) is 8.72. The topological polar surface area (TPSA) is 129 Å². The van der Waals surface area contributed by atoms with E-state index in [1.807, 2.05) is 32.2 Å². The van der Waals surface area contributed by atoms with Crippen LogP contribution in [0.25, 0.3) is 33.5 Å². The first kappa shape index (κ1) is 31.2. The zero-order chi connectivity index (χ0) is 32.5. The molecule has 3 N–H and O–H groups in total. The molecule has 0 spiro atoms. The molecule has 12 heteroatoms. The zero-order valence-corrected chi connectivity index (χ0v) is 26.8. The predicted molar refractivity (Wildman–Crippen MR) is 178 cm³/mol. The maximum absolute atomic E-state index is 14.2. The van der Waals surface area contributed by atoms with Gasteiger partial charge in [0.1, 0.15) is 17.2 Å². The van der Waals surface area contributed by atoms with Crippen LogP contribution in [-0.4, -0.2) is 98.1 Å². The molecule has 46 heavy (non-hydrogen) atoms. The monoisotopic (exact) mass is 625 g/mol. The largest absolute Gasteiger partial charge is 0.505 e. The smallest absolute Gasteiger partial charge is 0.268 e. The maximum Gasteiger partial charge on any atom is 0.268 e. The summed E-state index contributed by atoms with van der Waals surface area (Å²) in [6.07, 6.45) is 5.00. The lowest BCUT2D eigenvalue weighted by Crippen LogP contribution is -2.41. The molecule has 4 heterocycles. The number of hydrogen-bond acceptors (Lipinski definition) is 8. The fraction of sp³-hybridized carbons (Fsp3) is 0.382. The Labute approximate surface area is 267 Å². The van der Waals surface area contributed by atoms with Crippen LogP contribution >= 0.6 is 0 Å². The number of aromatic amines is 2. The Morgan fingerprint density at radius 2 is 2.02 bits per heavy atom. The number of carbonyl (C=O) groups is 1. The Balaban J connectivity index is 1.17. The Morgan fingerprint density at radius 3 is 2.76 bits per heavy atom. The highest BCUT2D eigenvalue weighted by Gasteiger charge is 2.27. The van der Waals surface area contributed by atoms with Crippen LogP contribution < -0.4 is 0 Å². The number of phenols is 1. The van der Waals surface area contributed by atoms with Crippen LogP contribution in [0.3, 0.4) is 0 Å². The van der Waals surface area contributed by atoms with Crippen LogP contribution in [-0.2, 0) is 24.2 Å². The fourth-order valence-corrected chi connectivity index (χ4v) is 6.36. The number of amides is 1. The van der Waals surface area contributed by atoms with Gasteiger partial charge in [-0.15, -0.1) is 0 Å². The third kappa shape index (κ3) is 6.04. The van der Waals surface area contributed by atoms with E-state index in [4.69, 9.17) is 4.98 Å². The summed E-state index contributed by atoms with van der Waals surface area (Å²) in [4.78, 5) is 36.5. The van der Waals surface area contributed by atoms with Crippen molar-refractivity contribution in [2.45, 2.75) is 52.1 Å². The molecule has 0 aliphatic carbocycles. The van der Waals surface area contributed by atoms with Crippen LogP contribution in [0.15, 0.2) is 52.3 Å². The molecule has 0 atom stereocenters. The SMILES string of the molecule is C=N/C(=C\N=C(/C)C(=O)N1CCc2[nH]c(-c3n[nH]c4cc(-c5cc(F)c(O)cc5CC)ccc34)nc2C1)N(C)C1CCN(C)CC1. The number of benzene rings is 2. The molecule has 6 rings (SSSR count). The number of nitrogens with one attached hydrogen (secondary N) is 2. The van der Waals surface area contributed by atoms with E-state index in [-0.39, 0.29) is 11.7 Å². The second kappa shape index (κ2) is 12.9. The summed E-state index contributed by atoms with van der Waals surface area (Å²) < 4.78 is 14.2. The summed E-state index contributed by atoms with van der Waals surface area (Å²) in [6.45, 7) is 10.4. The molecule has 11 nitrogen and oxygen atoms in total. The number of aromatic nitrogens is 4. The first-order chi connectivity index (χ1) is 22.2. The first-order valence-electron chi connectivity index (χ1n) is 15.7. The second-order valence-electron chi connectivity index (χ2n) is 12.1. The number of rotatable bonds is 8. The lowest BCUT2D eigenvalue weighted by molar-refractivity contribution is -0.125. The van der Waals surface area contributed by atoms with Crippen molar-refractivity contribution in [3.63, 3.8) is 0 Å². The highest BCUT2D eigenvalue weighted by atomic mass is 19.1. The molecule has 0 radical (unpaired) electrons. The van der Waals surface area contributed by atoms with E-state index in [1.165, 1.54) is 12.1 Å². The zero-order valence-electron chi connectivity index (χ0n) is 26.8. The van der Waals surface area contributed by atoms with Crippen LogP contribution in [0.4, 0.5) is 4.39 Å². The van der Waals surface area contributed by atoms with Gasteiger partial charge in [0, 0.05) is 37.1 Å². The van der Waals surface area contributed by atoms with Gasteiger partial charge in [0.25, 0.3) is 5.91 Å². The van der Waals surface area contributed by atoms with Crippen molar-refractivity contribution >= 4 is 29.2 Å². The molecule has 2 aliphatic heterocycles. The highest BCUT2D eigenvalue weighted by molar-refractivity contribution is 6.38. The molecule has 240 valence electrons. The molecule has 1 amide bonds. The molecule has 1 saturated heterocycles. The molecule has 1 fully saturated rings. The molecule has 2 aromatic carbocycles. The number of H-pyrrole nitrogens is 2. The Bertz CT molecular complexity index is 1850. The fourth-order valence-electron chi connectivity index (χ4n) is 6.36. The number of carbonyl (C=O) groups excluding carboxylic acids is 1. The number of likely N-dealkylation sites (tertiary alicyclic amines) is 1. The number of aryl methyl sites for hydroxylation is 1. The van der Waals surface area contributed by atoms with E-state index in [9.17, 15) is 14.3 Å². The van der Waals surface area contributed by atoms with Gasteiger partial charge < -0.3 is 24.8 Å². The summed E-state index contributed by atoms with van der Waals surface area (Å²) in [5, 5.41) is 18.3. The average Bonchev–Trinajstić information content (AvgIpc) is 3.69. The minimum absolute atomic E-state index is 0.147. The number of hydrogen-bond donors (Lipinski definition) is 3. The molecule has 2 aromatic heterocycles. The lowest BCUT2D eigenvalue weighted by Gasteiger charge is -2.36. The molecular formula is C34H40FN9O2. The Morgan fingerprint density at radius 1 is 1.24 bits per heavy atom. The molecule has 2 aliphatic rings. The number of phenolic OH excluding ortho intramolecular Hbond substituents is 1. The van der Waals surface area contributed by atoms with Gasteiger partial charge in [0.2, 0.25) is 0 Å². The predicted octanol–water partition coefficient (Wildman–Crippen LogP) is 4.90. The van der Waals surface area contributed by atoms with Crippen molar-refractivity contribution < 1.29 is 14.3 Å². The lowest BCUT2D eigenvalue weighted by atomic mass is 9.96. The van der Waals surface area contributed by atoms with E-state index in [0.717, 1.165) is 64.9 Å². The van der Waals surface area contributed by atoms with E-state index in [1.54, 1.807) is 18.0 Å². The van der Waals surface area contributed by atoms with E-state index < -0.39 is 5.82 Å². The van der Waals surface area contributed by atoms with Crippen molar-refractivity contribution in [3.8, 4) is 28.4 Å². The average molecular weight is 626 g/mol. The number of halogens is 1. The van der Waals surface area contributed by atoms with Gasteiger partial charge in [-0.2, -0.15) is 5.10 Å². The van der Waals surface area contributed by atoms with Crippen molar-refractivity contribution in [1.82, 2.24) is 34.9 Å². The molecule has 0 bridgehead atoms. The quantitative estimate of drug-likeness (QED) is 0.239. The van der Waals surface area contributed by atoms with Gasteiger partial charge in [0.15, 0.2) is 17.4 Å². The van der Waals surface area contributed by atoms with Gasteiger partial charge in [-0.25, -0.2) is 14.4 Å². The third-order valence-corrected chi connectivity index (χ3v) is 9.22. The minimum atomic E-state index is -0.654. The van der Waals surface area contributed by atoms with Gasteiger partial charge in [-0.05, 0) is 94.0 Å². The van der Waals surface area contributed by atoms with E-state index >= 15 is 0 Å². The summed E-state index contributed by atoms with van der Waals surface area (Å²) in [6, 6.07) is 8.99. The van der Waals surface area contributed by atoms with Gasteiger partial charge in [-0.3, -0.25) is 14.9 Å². The van der Waals surface area contributed by atoms with Crippen LogP contribution in [0.5, 0.6) is 5.75 Å². The van der Waals surface area contributed by atoms with Crippen LogP contribution in [0, 0.1) is 5.82 Å². The first-order valence-corrected chi connectivity index (χ1v) is 15.7.